The summed E-state index contributed by atoms with van der Waals surface area (Å²) in [6.07, 6.45) is 7.41. The van der Waals surface area contributed by atoms with Gasteiger partial charge in [0.2, 0.25) is 0 Å². The van der Waals surface area contributed by atoms with Gasteiger partial charge in [0, 0.05) is 30.9 Å². The lowest BCUT2D eigenvalue weighted by molar-refractivity contribution is 0.464. The largest absolute Gasteiger partial charge is 0.328 e. The maximum Gasteiger partial charge on any atom is 0.328 e. The number of aryl methyl sites for hydroxylation is 1. The van der Waals surface area contributed by atoms with Crippen LogP contribution in [0.25, 0.3) is 0 Å². The van der Waals surface area contributed by atoms with Crippen LogP contribution in [0.15, 0.2) is 41.5 Å². The molecule has 2 aromatic rings. The maximum atomic E-state index is 12.3. The zero-order valence-corrected chi connectivity index (χ0v) is 12.2. The summed E-state index contributed by atoms with van der Waals surface area (Å²) >= 11 is 0. The summed E-state index contributed by atoms with van der Waals surface area (Å²) in [5.41, 5.74) is 3.01. The highest BCUT2D eigenvalue weighted by atomic mass is 16.1. The third-order valence-electron chi connectivity index (χ3n) is 4.34. The second kappa shape index (κ2) is 5.31. The van der Waals surface area contributed by atoms with Gasteiger partial charge in [-0.3, -0.25) is 9.13 Å². The number of imidazole rings is 1. The summed E-state index contributed by atoms with van der Waals surface area (Å²) in [4.78, 5) is 12.3. The van der Waals surface area contributed by atoms with E-state index in [4.69, 9.17) is 0 Å². The molecule has 0 N–H and O–H groups in total. The molecule has 0 radical (unpaired) electrons. The Morgan fingerprint density at radius 3 is 2.80 bits per heavy atom. The summed E-state index contributed by atoms with van der Waals surface area (Å²) in [6.45, 7) is 4.89. The Labute approximate surface area is 119 Å². The first kappa shape index (κ1) is 13.2. The van der Waals surface area contributed by atoms with Gasteiger partial charge in [0.05, 0.1) is 0 Å². The number of hydrogen-bond donors (Lipinski definition) is 0. The standard InChI is InChI=1S/C17H22N2O/c1-13(2)19-11-10-18(17(19)20)12-15-8-5-7-14-6-3-4-9-16(14)15/h3-4,6,9-11,13,15H,5,7-8,12H2,1-2H3. The van der Waals surface area contributed by atoms with E-state index in [1.165, 1.54) is 30.4 Å². The topological polar surface area (TPSA) is 26.9 Å². The summed E-state index contributed by atoms with van der Waals surface area (Å²) in [5.74, 6) is 0.473. The van der Waals surface area contributed by atoms with E-state index in [0.717, 1.165) is 6.54 Å². The molecule has 1 aliphatic rings. The quantitative estimate of drug-likeness (QED) is 0.840. The third kappa shape index (κ3) is 2.33. The first-order valence-electron chi connectivity index (χ1n) is 7.52. The molecule has 1 aromatic heterocycles. The minimum absolute atomic E-state index is 0.114. The Kier molecular flexibility index (Phi) is 3.51. The van der Waals surface area contributed by atoms with E-state index in [0.29, 0.717) is 5.92 Å². The van der Waals surface area contributed by atoms with Crippen molar-refractivity contribution in [3.8, 4) is 0 Å². The van der Waals surface area contributed by atoms with Crippen LogP contribution in [0.2, 0.25) is 0 Å². The summed E-state index contributed by atoms with van der Waals surface area (Å²) in [5, 5.41) is 0. The maximum absolute atomic E-state index is 12.3. The van der Waals surface area contributed by atoms with Crippen LogP contribution in [0.1, 0.15) is 49.8 Å². The molecule has 1 aromatic carbocycles. The smallest absolute Gasteiger partial charge is 0.299 e. The minimum atomic E-state index is 0.114. The van der Waals surface area contributed by atoms with Gasteiger partial charge in [0.1, 0.15) is 0 Å². The molecule has 0 amide bonds. The average Bonchev–Trinajstić information content (AvgIpc) is 2.81. The second-order valence-corrected chi connectivity index (χ2v) is 6.02. The lowest BCUT2D eigenvalue weighted by Gasteiger charge is -2.25. The first-order chi connectivity index (χ1) is 9.66. The van der Waals surface area contributed by atoms with E-state index in [2.05, 4.69) is 24.3 Å². The molecule has 0 bridgehead atoms. The lowest BCUT2D eigenvalue weighted by atomic mass is 9.83. The third-order valence-corrected chi connectivity index (χ3v) is 4.34. The van der Waals surface area contributed by atoms with Crippen LogP contribution in [-0.2, 0) is 13.0 Å². The molecule has 3 nitrogen and oxygen atoms in total. The fourth-order valence-corrected chi connectivity index (χ4v) is 3.24. The fourth-order valence-electron chi connectivity index (χ4n) is 3.24. The van der Waals surface area contributed by atoms with Crippen LogP contribution in [0, 0.1) is 0 Å². The van der Waals surface area contributed by atoms with Crippen LogP contribution >= 0.6 is 0 Å². The molecule has 0 saturated carbocycles. The van der Waals surface area contributed by atoms with Gasteiger partial charge >= 0.3 is 5.69 Å². The van der Waals surface area contributed by atoms with Gasteiger partial charge in [-0.25, -0.2) is 4.79 Å². The predicted octanol–water partition coefficient (Wildman–Crippen LogP) is 3.35. The van der Waals surface area contributed by atoms with E-state index in [1.54, 1.807) is 4.57 Å². The van der Waals surface area contributed by atoms with Crippen molar-refractivity contribution in [1.82, 2.24) is 9.13 Å². The zero-order valence-electron chi connectivity index (χ0n) is 12.2. The van der Waals surface area contributed by atoms with Gasteiger partial charge in [-0.2, -0.15) is 0 Å². The molecule has 1 heterocycles. The Balaban J connectivity index is 1.88. The SMILES string of the molecule is CC(C)n1ccn(CC2CCCc3ccccc32)c1=O. The highest BCUT2D eigenvalue weighted by Crippen LogP contribution is 2.32. The molecule has 0 fully saturated rings. The van der Waals surface area contributed by atoms with Crippen molar-refractivity contribution in [2.75, 3.05) is 0 Å². The lowest BCUT2D eigenvalue weighted by Crippen LogP contribution is -2.28. The molecule has 0 aliphatic heterocycles. The first-order valence-corrected chi connectivity index (χ1v) is 7.52. The number of hydrogen-bond acceptors (Lipinski definition) is 1. The molecule has 3 rings (SSSR count). The van der Waals surface area contributed by atoms with Gasteiger partial charge < -0.3 is 0 Å². The van der Waals surface area contributed by atoms with E-state index >= 15 is 0 Å². The number of fused-ring (bicyclic) bond motifs is 1. The van der Waals surface area contributed by atoms with Crippen molar-refractivity contribution < 1.29 is 0 Å². The molecule has 106 valence electrons. The van der Waals surface area contributed by atoms with Crippen molar-refractivity contribution in [2.24, 2.45) is 0 Å². The second-order valence-electron chi connectivity index (χ2n) is 6.02. The number of benzene rings is 1. The van der Waals surface area contributed by atoms with Crippen LogP contribution in [0.4, 0.5) is 0 Å². The Bertz CT molecular complexity index is 651. The minimum Gasteiger partial charge on any atom is -0.299 e. The van der Waals surface area contributed by atoms with Crippen molar-refractivity contribution in [3.05, 3.63) is 58.3 Å². The van der Waals surface area contributed by atoms with E-state index in [1.807, 2.05) is 30.8 Å². The van der Waals surface area contributed by atoms with E-state index in [-0.39, 0.29) is 11.7 Å². The monoisotopic (exact) mass is 270 g/mol. The molecule has 20 heavy (non-hydrogen) atoms. The Morgan fingerprint density at radius 1 is 1.25 bits per heavy atom. The Morgan fingerprint density at radius 2 is 2.05 bits per heavy atom. The number of nitrogens with zero attached hydrogens (tertiary/aromatic N) is 2. The number of aromatic nitrogens is 2. The van der Waals surface area contributed by atoms with E-state index in [9.17, 15) is 4.79 Å². The fraction of sp³-hybridized carbons (Fsp3) is 0.471. The van der Waals surface area contributed by atoms with Crippen molar-refractivity contribution in [3.63, 3.8) is 0 Å². The molecule has 1 unspecified atom stereocenters. The van der Waals surface area contributed by atoms with Gasteiger partial charge in [-0.05, 0) is 44.2 Å². The highest BCUT2D eigenvalue weighted by Gasteiger charge is 2.21. The molecular formula is C17H22N2O. The highest BCUT2D eigenvalue weighted by molar-refractivity contribution is 5.32. The van der Waals surface area contributed by atoms with Crippen LogP contribution in [0.5, 0.6) is 0 Å². The van der Waals surface area contributed by atoms with Crippen molar-refractivity contribution in [2.45, 2.75) is 51.6 Å². The van der Waals surface area contributed by atoms with Gasteiger partial charge in [0.15, 0.2) is 0 Å². The number of rotatable bonds is 3. The van der Waals surface area contributed by atoms with Gasteiger partial charge in [0.25, 0.3) is 0 Å². The van der Waals surface area contributed by atoms with Crippen LogP contribution < -0.4 is 5.69 Å². The van der Waals surface area contributed by atoms with E-state index < -0.39 is 0 Å². The molecule has 1 atom stereocenters. The molecular weight excluding hydrogens is 248 g/mol. The zero-order chi connectivity index (χ0) is 14.1. The molecule has 0 saturated heterocycles. The summed E-state index contributed by atoms with van der Waals surface area (Å²) in [7, 11) is 0. The van der Waals surface area contributed by atoms with Crippen molar-refractivity contribution >= 4 is 0 Å². The molecule has 3 heteroatoms. The molecule has 0 spiro atoms. The van der Waals surface area contributed by atoms with Gasteiger partial charge in [-0.1, -0.05) is 24.3 Å². The summed E-state index contributed by atoms with van der Waals surface area (Å²) in [6, 6.07) is 8.90. The van der Waals surface area contributed by atoms with Crippen LogP contribution in [-0.4, -0.2) is 9.13 Å². The summed E-state index contributed by atoms with van der Waals surface area (Å²) < 4.78 is 3.67. The molecule has 1 aliphatic carbocycles. The van der Waals surface area contributed by atoms with Gasteiger partial charge in [-0.15, -0.1) is 0 Å². The van der Waals surface area contributed by atoms with Crippen LogP contribution in [0.3, 0.4) is 0 Å². The normalized spacial score (nSPS) is 18.2. The predicted molar refractivity (Wildman–Crippen MR) is 81.2 cm³/mol. The Hall–Kier alpha value is -1.77. The van der Waals surface area contributed by atoms with Crippen molar-refractivity contribution in [1.29, 1.82) is 0 Å². The average molecular weight is 270 g/mol.